The molecule has 5 nitrogen and oxygen atoms in total. The summed E-state index contributed by atoms with van der Waals surface area (Å²) in [5.41, 5.74) is 10.0. The zero-order chi connectivity index (χ0) is 22.4. The van der Waals surface area contributed by atoms with Gasteiger partial charge in [0.25, 0.3) is 0 Å². The second-order valence-corrected chi connectivity index (χ2v) is 9.09. The first-order valence-electron chi connectivity index (χ1n) is 11.5. The first kappa shape index (κ1) is 22.2. The molecule has 166 valence electrons. The van der Waals surface area contributed by atoms with Crippen molar-refractivity contribution in [1.82, 2.24) is 14.9 Å². The lowest BCUT2D eigenvalue weighted by atomic mass is 9.73. The molecule has 2 N–H and O–H groups in total. The number of carbonyl (C=O) groups excluding carboxylic acids is 1. The van der Waals surface area contributed by atoms with E-state index < -0.39 is 5.41 Å². The molecule has 1 aliphatic rings. The largest absolute Gasteiger partial charge is 0.369 e. The molecule has 3 aromatic rings. The van der Waals surface area contributed by atoms with Crippen molar-refractivity contribution in [3.63, 3.8) is 0 Å². The summed E-state index contributed by atoms with van der Waals surface area (Å²) in [5.74, 6) is 0.289. The molecule has 0 aliphatic carbocycles. The number of hydrogen-bond acceptors (Lipinski definition) is 4. The SMILES string of the molecule is CC(CCN1CCCC(Cc2ccccc2-c2cncnc2)(C(N)=O)C1)c1ccccc1. The van der Waals surface area contributed by atoms with Gasteiger partial charge in [-0.05, 0) is 61.4 Å². The number of amides is 1. The molecule has 1 aromatic heterocycles. The summed E-state index contributed by atoms with van der Waals surface area (Å²) in [6, 6.07) is 18.9. The van der Waals surface area contributed by atoms with Gasteiger partial charge < -0.3 is 10.6 Å². The summed E-state index contributed by atoms with van der Waals surface area (Å²) in [4.78, 5) is 23.6. The normalized spacial score (nSPS) is 20.0. The van der Waals surface area contributed by atoms with Crippen LogP contribution in [0.15, 0.2) is 73.3 Å². The van der Waals surface area contributed by atoms with E-state index in [0.29, 0.717) is 18.9 Å². The summed E-state index contributed by atoms with van der Waals surface area (Å²) < 4.78 is 0. The molecule has 4 rings (SSSR count). The minimum atomic E-state index is -0.556. The number of rotatable bonds is 8. The molecule has 2 heterocycles. The highest BCUT2D eigenvalue weighted by Crippen LogP contribution is 2.37. The number of carbonyl (C=O) groups is 1. The van der Waals surface area contributed by atoms with E-state index in [4.69, 9.17) is 5.73 Å². The maximum Gasteiger partial charge on any atom is 0.225 e. The van der Waals surface area contributed by atoms with Gasteiger partial charge in [0.15, 0.2) is 0 Å². The molecule has 2 aromatic carbocycles. The molecule has 1 fully saturated rings. The number of likely N-dealkylation sites (tertiary alicyclic amines) is 1. The van der Waals surface area contributed by atoms with Crippen molar-refractivity contribution >= 4 is 5.91 Å². The van der Waals surface area contributed by atoms with Gasteiger partial charge in [0.2, 0.25) is 5.91 Å². The van der Waals surface area contributed by atoms with Crippen molar-refractivity contribution in [1.29, 1.82) is 0 Å². The van der Waals surface area contributed by atoms with Crippen molar-refractivity contribution in [2.24, 2.45) is 11.1 Å². The molecule has 1 amide bonds. The van der Waals surface area contributed by atoms with Crippen LogP contribution in [0.4, 0.5) is 0 Å². The highest BCUT2D eigenvalue weighted by molar-refractivity contribution is 5.82. The smallest absolute Gasteiger partial charge is 0.225 e. The number of benzene rings is 2. The van der Waals surface area contributed by atoms with Gasteiger partial charge in [0.1, 0.15) is 6.33 Å². The van der Waals surface area contributed by atoms with Crippen molar-refractivity contribution in [2.45, 2.75) is 38.5 Å². The van der Waals surface area contributed by atoms with E-state index in [-0.39, 0.29) is 5.91 Å². The zero-order valence-corrected chi connectivity index (χ0v) is 18.8. The monoisotopic (exact) mass is 428 g/mol. The maximum absolute atomic E-state index is 12.8. The van der Waals surface area contributed by atoms with Crippen LogP contribution in [0.5, 0.6) is 0 Å². The van der Waals surface area contributed by atoms with E-state index in [1.54, 1.807) is 0 Å². The van der Waals surface area contributed by atoms with Crippen LogP contribution in [0.25, 0.3) is 11.1 Å². The lowest BCUT2D eigenvalue weighted by Crippen LogP contribution is -2.52. The molecule has 32 heavy (non-hydrogen) atoms. The van der Waals surface area contributed by atoms with Gasteiger partial charge in [-0.3, -0.25) is 4.79 Å². The van der Waals surface area contributed by atoms with E-state index in [0.717, 1.165) is 49.0 Å². The fraction of sp³-hybridized carbons (Fsp3) is 0.370. The van der Waals surface area contributed by atoms with Crippen LogP contribution < -0.4 is 5.73 Å². The Bertz CT molecular complexity index is 1020. The van der Waals surface area contributed by atoms with Gasteiger partial charge >= 0.3 is 0 Å². The van der Waals surface area contributed by atoms with Crippen LogP contribution in [0.1, 0.15) is 43.2 Å². The molecule has 2 unspecified atom stereocenters. The molecular weight excluding hydrogens is 396 g/mol. The molecule has 1 saturated heterocycles. The topological polar surface area (TPSA) is 72.1 Å². The maximum atomic E-state index is 12.8. The standard InChI is InChI=1S/C27H32N4O/c1-21(22-8-3-2-4-9-22)12-15-31-14-7-13-27(19-31,26(28)32)16-23-10-5-6-11-25(23)24-17-29-20-30-18-24/h2-6,8-11,17-18,20-21H,7,12-16,19H2,1H3,(H2,28,32). The van der Waals surface area contributed by atoms with Crippen molar-refractivity contribution in [3.05, 3.63) is 84.4 Å². The fourth-order valence-electron chi connectivity index (χ4n) is 4.93. The Hall–Kier alpha value is -3.05. The summed E-state index contributed by atoms with van der Waals surface area (Å²) in [6.45, 7) is 4.98. The molecule has 0 saturated carbocycles. The van der Waals surface area contributed by atoms with Gasteiger partial charge in [0, 0.05) is 24.5 Å². The highest BCUT2D eigenvalue weighted by Gasteiger charge is 2.41. The predicted octanol–water partition coefficient (Wildman–Crippen LogP) is 4.45. The average molecular weight is 429 g/mol. The van der Waals surface area contributed by atoms with Gasteiger partial charge in [0.05, 0.1) is 5.41 Å². The van der Waals surface area contributed by atoms with Crippen molar-refractivity contribution in [3.8, 4) is 11.1 Å². The number of aromatic nitrogens is 2. The Balaban J connectivity index is 1.50. The zero-order valence-electron chi connectivity index (χ0n) is 18.8. The van der Waals surface area contributed by atoms with Gasteiger partial charge in [-0.1, -0.05) is 61.5 Å². The Morgan fingerprint density at radius 3 is 2.56 bits per heavy atom. The third-order valence-corrected chi connectivity index (χ3v) is 6.84. The third-order valence-electron chi connectivity index (χ3n) is 6.84. The molecule has 2 atom stereocenters. The number of hydrogen-bond donors (Lipinski definition) is 1. The Labute approximate surface area is 190 Å². The van der Waals surface area contributed by atoms with E-state index in [1.807, 2.05) is 24.5 Å². The van der Waals surface area contributed by atoms with Crippen LogP contribution in [-0.4, -0.2) is 40.4 Å². The molecule has 0 radical (unpaired) electrons. The molecule has 0 bridgehead atoms. The summed E-state index contributed by atoms with van der Waals surface area (Å²) in [7, 11) is 0. The van der Waals surface area contributed by atoms with E-state index in [9.17, 15) is 4.79 Å². The van der Waals surface area contributed by atoms with Crippen molar-refractivity contribution < 1.29 is 4.79 Å². The second kappa shape index (κ2) is 10.0. The van der Waals surface area contributed by atoms with Crippen LogP contribution in [0.3, 0.4) is 0 Å². The van der Waals surface area contributed by atoms with Crippen LogP contribution in [0, 0.1) is 5.41 Å². The van der Waals surface area contributed by atoms with Crippen molar-refractivity contribution in [2.75, 3.05) is 19.6 Å². The van der Waals surface area contributed by atoms with Crippen LogP contribution in [0.2, 0.25) is 0 Å². The second-order valence-electron chi connectivity index (χ2n) is 9.09. The van der Waals surface area contributed by atoms with Gasteiger partial charge in [-0.25, -0.2) is 9.97 Å². The van der Waals surface area contributed by atoms with Crippen LogP contribution >= 0.6 is 0 Å². The molecule has 5 heteroatoms. The van der Waals surface area contributed by atoms with Crippen LogP contribution in [-0.2, 0) is 11.2 Å². The lowest BCUT2D eigenvalue weighted by molar-refractivity contribution is -0.131. The first-order chi connectivity index (χ1) is 15.6. The highest BCUT2D eigenvalue weighted by atomic mass is 16.1. The number of primary amides is 1. The van der Waals surface area contributed by atoms with E-state index >= 15 is 0 Å². The first-order valence-corrected chi connectivity index (χ1v) is 11.5. The average Bonchev–Trinajstić information content (AvgIpc) is 2.84. The van der Waals surface area contributed by atoms with Gasteiger partial charge in [-0.15, -0.1) is 0 Å². The van der Waals surface area contributed by atoms with Gasteiger partial charge in [-0.2, -0.15) is 0 Å². The third kappa shape index (κ3) is 5.05. The Morgan fingerprint density at radius 2 is 1.81 bits per heavy atom. The number of nitrogens with zero attached hydrogens (tertiary/aromatic N) is 3. The van der Waals surface area contributed by atoms with E-state index in [2.05, 4.69) is 64.3 Å². The van der Waals surface area contributed by atoms with E-state index in [1.165, 1.54) is 11.9 Å². The predicted molar refractivity (Wildman–Crippen MR) is 128 cm³/mol. The minimum Gasteiger partial charge on any atom is -0.369 e. The summed E-state index contributed by atoms with van der Waals surface area (Å²) in [5, 5.41) is 0. The lowest BCUT2D eigenvalue weighted by Gasteiger charge is -2.41. The quantitative estimate of drug-likeness (QED) is 0.575. The summed E-state index contributed by atoms with van der Waals surface area (Å²) >= 11 is 0. The Kier molecular flexibility index (Phi) is 6.96. The minimum absolute atomic E-state index is 0.197. The molecular formula is C27H32N4O. The molecule has 1 aliphatic heterocycles. The fourth-order valence-corrected chi connectivity index (χ4v) is 4.93. The Morgan fingerprint density at radius 1 is 1.09 bits per heavy atom. The molecule has 0 spiro atoms. The number of piperidine rings is 1. The summed E-state index contributed by atoms with van der Waals surface area (Å²) in [6.07, 6.45) is 8.69. The number of nitrogens with two attached hydrogens (primary N) is 1.